The number of aromatic nitrogens is 4. The largest absolute Gasteiger partial charge is 0.416 e. The molecule has 0 saturated carbocycles. The van der Waals surface area contributed by atoms with Gasteiger partial charge in [-0.2, -0.15) is 18.0 Å². The molecule has 1 saturated heterocycles. The summed E-state index contributed by atoms with van der Waals surface area (Å²) in [5.41, 5.74) is 4.31. The Labute approximate surface area is 194 Å². The van der Waals surface area contributed by atoms with Gasteiger partial charge in [-0.05, 0) is 61.2 Å². The van der Waals surface area contributed by atoms with Gasteiger partial charge >= 0.3 is 6.18 Å². The fraction of sp³-hybridized carbons (Fsp3) is 0.500. The molecule has 3 rings (SSSR count). The van der Waals surface area contributed by atoms with Crippen molar-refractivity contribution in [1.29, 1.82) is 0 Å². The number of amides is 2. The predicted octanol–water partition coefficient (Wildman–Crippen LogP) is 2.19. The number of hydrogen-bond donors (Lipinski definition) is 1. The lowest BCUT2D eigenvalue weighted by atomic mass is 9.81. The van der Waals surface area contributed by atoms with E-state index in [1.54, 1.807) is 18.7 Å². The molecule has 2 heterocycles. The second-order valence-electron chi connectivity index (χ2n) is 8.39. The smallest absolute Gasteiger partial charge is 0.368 e. The van der Waals surface area contributed by atoms with E-state index in [0.29, 0.717) is 42.9 Å². The van der Waals surface area contributed by atoms with Gasteiger partial charge in [-0.1, -0.05) is 6.07 Å². The van der Waals surface area contributed by atoms with Crippen LogP contribution >= 0.6 is 0 Å². The Morgan fingerprint density at radius 3 is 2.47 bits per heavy atom. The van der Waals surface area contributed by atoms with Gasteiger partial charge < -0.3 is 15.4 Å². The third-order valence-corrected chi connectivity index (χ3v) is 6.24. The first-order chi connectivity index (χ1) is 15.9. The highest BCUT2D eigenvalue weighted by Gasteiger charge is 2.41. The highest BCUT2D eigenvalue weighted by molar-refractivity contribution is 5.92. The van der Waals surface area contributed by atoms with E-state index in [1.807, 2.05) is 0 Å². The van der Waals surface area contributed by atoms with E-state index >= 15 is 0 Å². The van der Waals surface area contributed by atoms with Crippen LogP contribution in [0.5, 0.6) is 0 Å². The van der Waals surface area contributed by atoms with E-state index in [4.69, 9.17) is 10.5 Å². The fourth-order valence-corrected chi connectivity index (χ4v) is 4.01. The Hall–Kier alpha value is -3.28. The number of methoxy groups -OCH3 is 1. The van der Waals surface area contributed by atoms with Crippen molar-refractivity contribution in [3.63, 3.8) is 0 Å². The molecule has 2 aromatic rings. The number of nitrogens with two attached hydrogens (primary N) is 1. The molecule has 12 heteroatoms. The lowest BCUT2D eigenvalue weighted by Gasteiger charge is -2.39. The molecule has 0 aliphatic carbocycles. The Morgan fingerprint density at radius 1 is 1.26 bits per heavy atom. The zero-order valence-electron chi connectivity index (χ0n) is 19.2. The van der Waals surface area contributed by atoms with Crippen molar-refractivity contribution in [2.45, 2.75) is 45.0 Å². The maximum absolute atomic E-state index is 13.2. The molecule has 34 heavy (non-hydrogen) atoms. The van der Waals surface area contributed by atoms with Crippen molar-refractivity contribution >= 4 is 17.9 Å². The number of hydrogen-bond acceptors (Lipinski definition) is 6. The predicted molar refractivity (Wildman–Crippen MR) is 116 cm³/mol. The molecule has 1 atom stereocenters. The minimum absolute atomic E-state index is 0.0350. The summed E-state index contributed by atoms with van der Waals surface area (Å²) in [4.78, 5) is 27.3. The summed E-state index contributed by atoms with van der Waals surface area (Å²) in [5.74, 6) is -0.560. The molecular formula is C22H27F3N6O3. The molecule has 1 unspecified atom stereocenters. The fourth-order valence-electron chi connectivity index (χ4n) is 4.01. The molecule has 1 aromatic carbocycles. The Kier molecular flexibility index (Phi) is 7.39. The molecular weight excluding hydrogens is 453 g/mol. The zero-order chi connectivity index (χ0) is 25.1. The van der Waals surface area contributed by atoms with Crippen LogP contribution < -0.4 is 5.73 Å². The van der Waals surface area contributed by atoms with Crippen molar-refractivity contribution in [3.8, 4) is 0 Å². The summed E-state index contributed by atoms with van der Waals surface area (Å²) in [7, 11) is 1.43. The van der Waals surface area contributed by atoms with E-state index in [2.05, 4.69) is 15.4 Å². The molecule has 0 spiro atoms. The number of tetrazole rings is 1. The number of rotatable bonds is 7. The summed E-state index contributed by atoms with van der Waals surface area (Å²) >= 11 is 0. The van der Waals surface area contributed by atoms with E-state index in [0.717, 1.165) is 12.1 Å². The standard InChI is InChI=1S/C22H27F3N6O3/c1-14-27-29-31(28-14)13-16-12-18(22(23,24)25)6-4-15(16)5-7-19(32)30-10-8-17(9-11-30)21(2,34-3)20(26)33/h4-7,12,17H,8-11,13H2,1-3H3,(H2,26,33)/b7-5+. The number of halogens is 3. The molecule has 9 nitrogen and oxygen atoms in total. The van der Waals surface area contributed by atoms with Crippen LogP contribution in [0.2, 0.25) is 0 Å². The summed E-state index contributed by atoms with van der Waals surface area (Å²) in [6.45, 7) is 4.04. The Balaban J connectivity index is 1.74. The molecule has 1 aliphatic rings. The first-order valence-electron chi connectivity index (χ1n) is 10.7. The van der Waals surface area contributed by atoms with Crippen LogP contribution in [-0.4, -0.2) is 62.7 Å². The van der Waals surface area contributed by atoms with Crippen LogP contribution in [0, 0.1) is 12.8 Å². The number of piperidine rings is 1. The highest BCUT2D eigenvalue weighted by atomic mass is 19.4. The summed E-state index contributed by atoms with van der Waals surface area (Å²) in [6.07, 6.45) is -0.623. The summed E-state index contributed by atoms with van der Waals surface area (Å²) in [5, 5.41) is 11.6. The van der Waals surface area contributed by atoms with Crippen LogP contribution in [0.1, 0.15) is 42.3 Å². The number of benzene rings is 1. The zero-order valence-corrected chi connectivity index (χ0v) is 19.2. The van der Waals surface area contributed by atoms with Crippen LogP contribution in [0.25, 0.3) is 6.08 Å². The summed E-state index contributed by atoms with van der Waals surface area (Å²) in [6, 6.07) is 3.30. The topological polar surface area (TPSA) is 116 Å². The van der Waals surface area contributed by atoms with Gasteiger partial charge in [-0.3, -0.25) is 9.59 Å². The van der Waals surface area contributed by atoms with E-state index in [9.17, 15) is 22.8 Å². The van der Waals surface area contributed by atoms with Crippen molar-refractivity contribution in [1.82, 2.24) is 25.1 Å². The van der Waals surface area contributed by atoms with Crippen molar-refractivity contribution in [3.05, 3.63) is 46.8 Å². The lowest BCUT2D eigenvalue weighted by Crippen LogP contribution is -2.53. The Bertz CT molecular complexity index is 1080. The number of nitrogens with zero attached hydrogens (tertiary/aromatic N) is 5. The first kappa shape index (κ1) is 25.3. The minimum atomic E-state index is -4.51. The van der Waals surface area contributed by atoms with E-state index < -0.39 is 23.2 Å². The SMILES string of the molecule is COC(C)(C(N)=O)C1CCN(C(=O)/C=C/c2ccc(C(F)(F)F)cc2Cn2nnc(C)n2)CC1. The van der Waals surface area contributed by atoms with Gasteiger partial charge in [0.2, 0.25) is 11.8 Å². The van der Waals surface area contributed by atoms with Gasteiger partial charge in [0.25, 0.3) is 0 Å². The monoisotopic (exact) mass is 480 g/mol. The number of alkyl halides is 3. The van der Waals surface area contributed by atoms with E-state index in [1.165, 1.54) is 30.1 Å². The second-order valence-corrected chi connectivity index (χ2v) is 8.39. The maximum atomic E-state index is 13.2. The van der Waals surface area contributed by atoms with Crippen LogP contribution in [-0.2, 0) is 27.0 Å². The van der Waals surface area contributed by atoms with Gasteiger partial charge in [-0.15, -0.1) is 10.2 Å². The van der Waals surface area contributed by atoms with Gasteiger partial charge in [0.1, 0.15) is 5.60 Å². The van der Waals surface area contributed by atoms with Gasteiger partial charge in [0.05, 0.1) is 12.1 Å². The first-order valence-corrected chi connectivity index (χ1v) is 10.7. The van der Waals surface area contributed by atoms with Crippen LogP contribution in [0.4, 0.5) is 13.2 Å². The molecule has 0 bridgehead atoms. The number of likely N-dealkylation sites (tertiary alicyclic amines) is 1. The number of ether oxygens (including phenoxy) is 1. The molecule has 1 fully saturated rings. The molecule has 0 radical (unpaired) electrons. The lowest BCUT2D eigenvalue weighted by molar-refractivity contribution is -0.148. The van der Waals surface area contributed by atoms with Crippen molar-refractivity contribution in [2.75, 3.05) is 20.2 Å². The van der Waals surface area contributed by atoms with Crippen molar-refractivity contribution in [2.24, 2.45) is 11.7 Å². The number of carbonyl (C=O) groups excluding carboxylic acids is 2. The highest BCUT2D eigenvalue weighted by Crippen LogP contribution is 2.32. The minimum Gasteiger partial charge on any atom is -0.368 e. The maximum Gasteiger partial charge on any atom is 0.416 e. The average Bonchev–Trinajstić information content (AvgIpc) is 3.21. The molecule has 1 aliphatic heterocycles. The Morgan fingerprint density at radius 2 is 1.94 bits per heavy atom. The third-order valence-electron chi connectivity index (χ3n) is 6.24. The number of primary amides is 1. The van der Waals surface area contributed by atoms with Gasteiger partial charge in [0.15, 0.2) is 5.82 Å². The van der Waals surface area contributed by atoms with Crippen LogP contribution in [0.3, 0.4) is 0 Å². The summed E-state index contributed by atoms with van der Waals surface area (Å²) < 4.78 is 45.0. The molecule has 2 N–H and O–H groups in total. The van der Waals surface area contributed by atoms with Gasteiger partial charge in [-0.25, -0.2) is 0 Å². The molecule has 184 valence electrons. The molecule has 1 aromatic heterocycles. The van der Waals surface area contributed by atoms with E-state index in [-0.39, 0.29) is 18.4 Å². The normalized spacial score (nSPS) is 17.2. The average molecular weight is 480 g/mol. The number of carbonyl (C=O) groups is 2. The third kappa shape index (κ3) is 5.61. The van der Waals surface area contributed by atoms with Gasteiger partial charge in [0, 0.05) is 32.2 Å². The number of aryl methyl sites for hydroxylation is 1. The second kappa shape index (κ2) is 9.92. The quantitative estimate of drug-likeness (QED) is 0.608. The molecule has 2 amide bonds. The van der Waals surface area contributed by atoms with Crippen LogP contribution in [0.15, 0.2) is 24.3 Å². The van der Waals surface area contributed by atoms with Crippen molar-refractivity contribution < 1.29 is 27.5 Å².